The van der Waals surface area contributed by atoms with Gasteiger partial charge in [0.05, 0.1) is 5.97 Å². The average Bonchev–Trinajstić information content (AvgIpc) is 2.04. The Labute approximate surface area is 74.8 Å². The van der Waals surface area contributed by atoms with E-state index in [1.807, 2.05) is 0 Å². The summed E-state index contributed by atoms with van der Waals surface area (Å²) >= 11 is 0. The van der Waals surface area contributed by atoms with Crippen LogP contribution < -0.4 is 11.3 Å². The summed E-state index contributed by atoms with van der Waals surface area (Å²) in [6.45, 7) is 0. The molecule has 1 unspecified atom stereocenters. The summed E-state index contributed by atoms with van der Waals surface area (Å²) < 4.78 is 0. The lowest BCUT2D eigenvalue weighted by Gasteiger charge is -2.10. The molecule has 0 radical (unpaired) electrons. The zero-order valence-corrected chi connectivity index (χ0v) is 7.10. The second kappa shape index (κ2) is 4.44. The first-order valence-electron chi connectivity index (χ1n) is 3.29. The zero-order chi connectivity index (χ0) is 9.14. The molecule has 13 heavy (non-hydrogen) atoms. The number of carbonyl (C=O) groups is 1. The van der Waals surface area contributed by atoms with Gasteiger partial charge in [0, 0.05) is 0 Å². The number of hydrogen-bond acceptors (Lipinski definition) is 4. The van der Waals surface area contributed by atoms with Crippen LogP contribution in [0, 0.1) is 0 Å². The fourth-order valence-electron chi connectivity index (χ4n) is 0.793. The van der Waals surface area contributed by atoms with Gasteiger partial charge in [0.25, 0.3) is 0 Å². The summed E-state index contributed by atoms with van der Waals surface area (Å²) in [7, 11) is 0. The minimum atomic E-state index is -1.63. The molecular formula is C8H11NO4. The minimum absolute atomic E-state index is 0. The number of rotatable bonds is 2. The Morgan fingerprint density at radius 1 is 1.31 bits per heavy atom. The van der Waals surface area contributed by atoms with E-state index in [9.17, 15) is 9.90 Å². The van der Waals surface area contributed by atoms with Crippen LogP contribution in [0.1, 0.15) is 11.7 Å². The molecular weight excluding hydrogens is 174 g/mol. The molecule has 5 nitrogen and oxygen atoms in total. The van der Waals surface area contributed by atoms with E-state index in [-0.39, 0.29) is 17.5 Å². The molecule has 0 spiro atoms. The van der Waals surface area contributed by atoms with Gasteiger partial charge in [-0.2, -0.15) is 0 Å². The van der Waals surface area contributed by atoms with Crippen LogP contribution in [0.25, 0.3) is 0 Å². The second-order valence-electron chi connectivity index (χ2n) is 2.31. The van der Waals surface area contributed by atoms with E-state index in [4.69, 9.17) is 10.2 Å². The van der Waals surface area contributed by atoms with Crippen LogP contribution in [0.3, 0.4) is 0 Å². The quantitative estimate of drug-likeness (QED) is 0.578. The Bertz CT molecular complexity index is 283. The van der Waals surface area contributed by atoms with E-state index in [2.05, 4.69) is 0 Å². The van der Waals surface area contributed by atoms with Gasteiger partial charge < -0.3 is 26.3 Å². The predicted octanol–water partition coefficient (Wildman–Crippen LogP) is -0.448. The van der Waals surface area contributed by atoms with Crippen LogP contribution in [0.15, 0.2) is 24.3 Å². The number of aromatic hydroxyl groups is 1. The lowest BCUT2D eigenvalue weighted by atomic mass is 10.1. The fraction of sp³-hybridized carbons (Fsp3) is 0.125. The number of phenolic OH excluding ortho intramolecular Hbond substituents is 1. The van der Waals surface area contributed by atoms with Gasteiger partial charge in [0.2, 0.25) is 0 Å². The molecule has 5 heteroatoms. The van der Waals surface area contributed by atoms with Gasteiger partial charge in [-0.15, -0.1) is 0 Å². The summed E-state index contributed by atoms with van der Waals surface area (Å²) in [6, 6.07) is 5.22. The summed E-state index contributed by atoms with van der Waals surface area (Å²) in [5.74, 6) is -1.54. The molecule has 0 aliphatic rings. The smallest absolute Gasteiger partial charge is 0.118 e. The van der Waals surface area contributed by atoms with E-state index < -0.39 is 12.1 Å². The van der Waals surface area contributed by atoms with Crippen molar-refractivity contribution in [3.63, 3.8) is 0 Å². The Morgan fingerprint density at radius 2 is 1.77 bits per heavy atom. The van der Waals surface area contributed by atoms with E-state index in [1.54, 1.807) is 0 Å². The van der Waals surface area contributed by atoms with Crippen LogP contribution in [-0.2, 0) is 4.79 Å². The summed E-state index contributed by atoms with van der Waals surface area (Å²) in [5, 5.41) is 27.9. The molecule has 1 aromatic carbocycles. The molecule has 1 aromatic rings. The Balaban J connectivity index is 0.00000144. The van der Waals surface area contributed by atoms with Crippen LogP contribution in [0.4, 0.5) is 0 Å². The number of quaternary nitrogens is 1. The third kappa shape index (κ3) is 2.73. The van der Waals surface area contributed by atoms with E-state index >= 15 is 0 Å². The van der Waals surface area contributed by atoms with Gasteiger partial charge in [-0.05, 0) is 17.7 Å². The van der Waals surface area contributed by atoms with Crippen molar-refractivity contribution in [2.24, 2.45) is 0 Å². The number of phenols is 1. The average molecular weight is 185 g/mol. The minimum Gasteiger partial charge on any atom is -0.547 e. The van der Waals surface area contributed by atoms with Crippen molar-refractivity contribution in [3.8, 4) is 5.75 Å². The normalized spacial score (nSPS) is 11.5. The number of aliphatic carboxylic acids is 1. The van der Waals surface area contributed by atoms with E-state index in [0.717, 1.165) is 0 Å². The van der Waals surface area contributed by atoms with Crippen molar-refractivity contribution >= 4 is 5.97 Å². The fourth-order valence-corrected chi connectivity index (χ4v) is 0.793. The number of hydrogen-bond donors (Lipinski definition) is 3. The summed E-state index contributed by atoms with van der Waals surface area (Å²) in [4.78, 5) is 10.2. The third-order valence-corrected chi connectivity index (χ3v) is 1.43. The van der Waals surface area contributed by atoms with E-state index in [1.165, 1.54) is 24.3 Å². The van der Waals surface area contributed by atoms with Gasteiger partial charge in [-0.1, -0.05) is 12.1 Å². The molecule has 0 fully saturated rings. The molecule has 0 bridgehead atoms. The highest BCUT2D eigenvalue weighted by Gasteiger charge is 2.06. The molecule has 0 saturated heterocycles. The SMILES string of the molecule is O=C([O-])C(O)c1ccc(O)cc1.[NH4+]. The van der Waals surface area contributed by atoms with Crippen molar-refractivity contribution in [2.45, 2.75) is 6.10 Å². The lowest BCUT2D eigenvalue weighted by Crippen LogP contribution is -2.29. The van der Waals surface area contributed by atoms with Crippen molar-refractivity contribution in [1.82, 2.24) is 6.15 Å². The highest BCUT2D eigenvalue weighted by atomic mass is 16.4. The molecule has 6 N–H and O–H groups in total. The molecule has 0 amide bonds. The lowest BCUT2D eigenvalue weighted by molar-refractivity contribution is -0.315. The van der Waals surface area contributed by atoms with Gasteiger partial charge in [0.15, 0.2) is 0 Å². The number of aliphatic hydroxyl groups excluding tert-OH is 1. The van der Waals surface area contributed by atoms with Crippen LogP contribution >= 0.6 is 0 Å². The number of carbonyl (C=O) groups excluding carboxylic acids is 1. The van der Waals surface area contributed by atoms with Gasteiger partial charge in [-0.25, -0.2) is 0 Å². The third-order valence-electron chi connectivity index (χ3n) is 1.43. The largest absolute Gasteiger partial charge is 0.547 e. The second-order valence-corrected chi connectivity index (χ2v) is 2.31. The maximum Gasteiger partial charge on any atom is 0.118 e. The highest BCUT2D eigenvalue weighted by molar-refractivity contribution is 5.71. The number of carboxylic acid groups (broad SMARTS) is 1. The van der Waals surface area contributed by atoms with Crippen molar-refractivity contribution < 1.29 is 20.1 Å². The monoisotopic (exact) mass is 185 g/mol. The molecule has 1 rings (SSSR count). The van der Waals surface area contributed by atoms with Gasteiger partial charge in [0.1, 0.15) is 11.9 Å². The molecule has 0 saturated carbocycles. The van der Waals surface area contributed by atoms with Crippen LogP contribution in [0.5, 0.6) is 5.75 Å². The van der Waals surface area contributed by atoms with Gasteiger partial charge >= 0.3 is 0 Å². The van der Waals surface area contributed by atoms with Crippen molar-refractivity contribution in [3.05, 3.63) is 29.8 Å². The molecule has 1 atom stereocenters. The highest BCUT2D eigenvalue weighted by Crippen LogP contribution is 2.15. The predicted molar refractivity (Wildman–Crippen MR) is 44.1 cm³/mol. The zero-order valence-electron chi connectivity index (χ0n) is 7.10. The van der Waals surface area contributed by atoms with Gasteiger partial charge in [-0.3, -0.25) is 0 Å². The van der Waals surface area contributed by atoms with E-state index in [0.29, 0.717) is 0 Å². The summed E-state index contributed by atoms with van der Waals surface area (Å²) in [6.07, 6.45) is -1.63. The number of benzene rings is 1. The Morgan fingerprint density at radius 3 is 2.15 bits per heavy atom. The first kappa shape index (κ1) is 11.4. The van der Waals surface area contributed by atoms with Crippen molar-refractivity contribution in [1.29, 1.82) is 0 Å². The number of aliphatic hydroxyl groups is 1. The maximum atomic E-state index is 10.2. The Hall–Kier alpha value is -1.59. The molecule has 0 aromatic heterocycles. The topological polar surface area (TPSA) is 117 Å². The molecule has 72 valence electrons. The molecule has 0 heterocycles. The summed E-state index contributed by atoms with van der Waals surface area (Å²) in [5.41, 5.74) is 0.188. The van der Waals surface area contributed by atoms with Crippen molar-refractivity contribution in [2.75, 3.05) is 0 Å². The van der Waals surface area contributed by atoms with Crippen LogP contribution in [-0.4, -0.2) is 16.2 Å². The first-order chi connectivity index (χ1) is 5.61. The first-order valence-corrected chi connectivity index (χ1v) is 3.29. The Kier molecular flexibility index (Phi) is 3.90. The van der Waals surface area contributed by atoms with Crippen LogP contribution in [0.2, 0.25) is 0 Å². The standard InChI is InChI=1S/C8H8O4.H3N/c9-6-3-1-5(2-4-6)7(10)8(11)12;/h1-4,7,9-10H,(H,11,12);1H3. The molecule has 0 aliphatic carbocycles. The number of carboxylic acids is 1. The molecule has 0 aliphatic heterocycles. The maximum absolute atomic E-state index is 10.2.